The van der Waals surface area contributed by atoms with Crippen LogP contribution in [0.25, 0.3) is 0 Å². The van der Waals surface area contributed by atoms with Gasteiger partial charge in [0.05, 0.1) is 7.11 Å². The van der Waals surface area contributed by atoms with E-state index in [9.17, 15) is 4.79 Å². The van der Waals surface area contributed by atoms with Crippen molar-refractivity contribution in [2.45, 2.75) is 32.6 Å². The van der Waals surface area contributed by atoms with Crippen LogP contribution in [0.3, 0.4) is 0 Å². The number of benzene rings is 1. The molecule has 0 saturated carbocycles. The van der Waals surface area contributed by atoms with E-state index in [4.69, 9.17) is 4.74 Å². The van der Waals surface area contributed by atoms with Gasteiger partial charge in [0.25, 0.3) is 0 Å². The molecule has 2 heteroatoms. The zero-order chi connectivity index (χ0) is 11.5. The quantitative estimate of drug-likeness (QED) is 0.757. The van der Waals surface area contributed by atoms with E-state index in [0.717, 1.165) is 11.3 Å². The molecule has 0 aliphatic heterocycles. The first-order valence-electron chi connectivity index (χ1n) is 5.09. The molecule has 0 fully saturated rings. The largest absolute Gasteiger partial charge is 0.497 e. The number of ether oxygens (including phenoxy) is 1. The molecule has 0 heterocycles. The second-order valence-corrected chi connectivity index (χ2v) is 4.49. The number of hydrogen-bond donors (Lipinski definition) is 0. The third kappa shape index (κ3) is 3.08. The number of ketones is 1. The number of Topliss-reactive ketones (excluding diaryl/α,β-unsaturated/α-hetero) is 1. The molecule has 0 aliphatic carbocycles. The van der Waals surface area contributed by atoms with E-state index in [-0.39, 0.29) is 11.2 Å². The van der Waals surface area contributed by atoms with Crippen LogP contribution < -0.4 is 4.74 Å². The topological polar surface area (TPSA) is 26.3 Å². The normalized spacial score (nSPS) is 11.2. The van der Waals surface area contributed by atoms with Gasteiger partial charge in [0.15, 0.2) is 0 Å². The van der Waals surface area contributed by atoms with Gasteiger partial charge in [-0.3, -0.25) is 4.79 Å². The van der Waals surface area contributed by atoms with Gasteiger partial charge in [-0.25, -0.2) is 0 Å². The minimum Gasteiger partial charge on any atom is -0.497 e. The first-order chi connectivity index (χ1) is 6.95. The minimum atomic E-state index is -0.125. The summed E-state index contributed by atoms with van der Waals surface area (Å²) in [6, 6.07) is 7.89. The molecule has 0 saturated heterocycles. The molecule has 15 heavy (non-hydrogen) atoms. The molecule has 0 atom stereocenters. The monoisotopic (exact) mass is 206 g/mol. The minimum absolute atomic E-state index is 0.125. The van der Waals surface area contributed by atoms with Crippen LogP contribution in [-0.2, 0) is 10.2 Å². The van der Waals surface area contributed by atoms with E-state index in [0.29, 0.717) is 6.42 Å². The van der Waals surface area contributed by atoms with Crippen molar-refractivity contribution >= 4 is 5.78 Å². The number of carbonyl (C=O) groups is 1. The van der Waals surface area contributed by atoms with Crippen molar-refractivity contribution in [1.29, 1.82) is 0 Å². The summed E-state index contributed by atoms with van der Waals surface area (Å²) in [5.41, 5.74) is 1.01. The molecule has 0 amide bonds. The molecule has 0 radical (unpaired) electrons. The maximum Gasteiger partial charge on any atom is 0.130 e. The molecule has 1 aromatic carbocycles. The third-order valence-electron chi connectivity index (χ3n) is 2.54. The van der Waals surface area contributed by atoms with Gasteiger partial charge in [-0.1, -0.05) is 26.0 Å². The highest BCUT2D eigenvalue weighted by molar-refractivity contribution is 5.77. The maximum absolute atomic E-state index is 11.2. The van der Waals surface area contributed by atoms with Crippen LogP contribution in [0.2, 0.25) is 0 Å². The molecule has 1 rings (SSSR count). The Morgan fingerprint density at radius 1 is 1.40 bits per heavy atom. The number of methoxy groups -OCH3 is 1. The summed E-state index contributed by atoms with van der Waals surface area (Å²) >= 11 is 0. The number of hydrogen-bond acceptors (Lipinski definition) is 2. The molecule has 82 valence electrons. The van der Waals surface area contributed by atoms with Crippen molar-refractivity contribution in [3.8, 4) is 5.75 Å². The van der Waals surface area contributed by atoms with Crippen LogP contribution in [0.1, 0.15) is 32.8 Å². The fourth-order valence-electron chi connectivity index (χ4n) is 1.77. The molecule has 2 nitrogen and oxygen atoms in total. The Morgan fingerprint density at radius 3 is 2.60 bits per heavy atom. The van der Waals surface area contributed by atoms with Crippen LogP contribution in [0, 0.1) is 0 Å². The fourth-order valence-corrected chi connectivity index (χ4v) is 1.77. The Labute approximate surface area is 91.3 Å². The van der Waals surface area contributed by atoms with Gasteiger partial charge in [-0.05, 0) is 30.0 Å². The highest BCUT2D eigenvalue weighted by Crippen LogP contribution is 2.29. The lowest BCUT2D eigenvalue weighted by atomic mass is 9.80. The summed E-state index contributed by atoms with van der Waals surface area (Å²) < 4.78 is 5.17. The lowest BCUT2D eigenvalue weighted by Gasteiger charge is -2.24. The predicted octanol–water partition coefficient (Wildman–Crippen LogP) is 2.95. The van der Waals surface area contributed by atoms with E-state index in [1.807, 2.05) is 24.3 Å². The van der Waals surface area contributed by atoms with Gasteiger partial charge < -0.3 is 4.74 Å². The van der Waals surface area contributed by atoms with Gasteiger partial charge in [0, 0.05) is 6.42 Å². The molecular weight excluding hydrogens is 188 g/mol. The Morgan fingerprint density at radius 2 is 2.07 bits per heavy atom. The van der Waals surface area contributed by atoms with E-state index >= 15 is 0 Å². The van der Waals surface area contributed by atoms with Crippen LogP contribution >= 0.6 is 0 Å². The smallest absolute Gasteiger partial charge is 0.130 e. The predicted molar refractivity (Wildman–Crippen MR) is 61.3 cm³/mol. The molecule has 0 spiro atoms. The fraction of sp³-hybridized carbons (Fsp3) is 0.462. The van der Waals surface area contributed by atoms with Gasteiger partial charge in [-0.2, -0.15) is 0 Å². The van der Waals surface area contributed by atoms with E-state index in [2.05, 4.69) is 13.8 Å². The first kappa shape index (κ1) is 11.8. The summed E-state index contributed by atoms with van der Waals surface area (Å²) in [6.07, 6.45) is 0.556. The molecule has 0 bridgehead atoms. The average molecular weight is 206 g/mol. The molecular formula is C13H18O2. The van der Waals surface area contributed by atoms with Crippen LogP contribution in [0.15, 0.2) is 24.3 Å². The standard InChI is InChI=1S/C13H18O2/c1-10(14)9-13(2,3)11-6-5-7-12(8-11)15-4/h5-8H,9H2,1-4H3. The van der Waals surface area contributed by atoms with Crippen molar-refractivity contribution in [1.82, 2.24) is 0 Å². The van der Waals surface area contributed by atoms with Crippen molar-refractivity contribution < 1.29 is 9.53 Å². The molecule has 0 aromatic heterocycles. The Balaban J connectivity index is 2.98. The molecule has 0 aliphatic rings. The van der Waals surface area contributed by atoms with Crippen molar-refractivity contribution in [3.05, 3.63) is 29.8 Å². The van der Waals surface area contributed by atoms with E-state index in [1.165, 1.54) is 0 Å². The molecule has 1 aromatic rings. The number of rotatable bonds is 4. The van der Waals surface area contributed by atoms with Crippen LogP contribution in [0.4, 0.5) is 0 Å². The highest BCUT2D eigenvalue weighted by Gasteiger charge is 2.22. The van der Waals surface area contributed by atoms with E-state index < -0.39 is 0 Å². The zero-order valence-corrected chi connectivity index (χ0v) is 9.83. The lowest BCUT2D eigenvalue weighted by Crippen LogP contribution is -2.20. The van der Waals surface area contributed by atoms with Crippen LogP contribution in [0.5, 0.6) is 5.75 Å². The van der Waals surface area contributed by atoms with Gasteiger partial charge >= 0.3 is 0 Å². The average Bonchev–Trinajstić information content (AvgIpc) is 2.16. The van der Waals surface area contributed by atoms with Gasteiger partial charge in [0.1, 0.15) is 11.5 Å². The Bertz CT molecular complexity index is 353. The second-order valence-electron chi connectivity index (χ2n) is 4.49. The Hall–Kier alpha value is -1.31. The molecule has 0 unspecified atom stereocenters. The van der Waals surface area contributed by atoms with Gasteiger partial charge in [-0.15, -0.1) is 0 Å². The summed E-state index contributed by atoms with van der Waals surface area (Å²) in [6.45, 7) is 5.77. The van der Waals surface area contributed by atoms with E-state index in [1.54, 1.807) is 14.0 Å². The van der Waals surface area contributed by atoms with Crippen LogP contribution in [-0.4, -0.2) is 12.9 Å². The highest BCUT2D eigenvalue weighted by atomic mass is 16.5. The summed E-state index contributed by atoms with van der Waals surface area (Å²) in [5, 5.41) is 0. The number of carbonyl (C=O) groups excluding carboxylic acids is 1. The third-order valence-corrected chi connectivity index (χ3v) is 2.54. The lowest BCUT2D eigenvalue weighted by molar-refractivity contribution is -0.118. The molecule has 0 N–H and O–H groups in total. The van der Waals surface area contributed by atoms with Crippen molar-refractivity contribution in [3.63, 3.8) is 0 Å². The maximum atomic E-state index is 11.2. The summed E-state index contributed by atoms with van der Waals surface area (Å²) in [7, 11) is 1.65. The van der Waals surface area contributed by atoms with Gasteiger partial charge in [0.2, 0.25) is 0 Å². The van der Waals surface area contributed by atoms with Crippen molar-refractivity contribution in [2.75, 3.05) is 7.11 Å². The SMILES string of the molecule is COc1cccc(C(C)(C)CC(C)=O)c1. The summed E-state index contributed by atoms with van der Waals surface area (Å²) in [4.78, 5) is 11.2. The second kappa shape index (κ2) is 4.47. The Kier molecular flexibility index (Phi) is 3.51. The summed E-state index contributed by atoms with van der Waals surface area (Å²) in [5.74, 6) is 1.05. The zero-order valence-electron chi connectivity index (χ0n) is 9.83. The van der Waals surface area contributed by atoms with Crippen molar-refractivity contribution in [2.24, 2.45) is 0 Å². The first-order valence-corrected chi connectivity index (χ1v) is 5.09.